The molecule has 2 amide bonds. The third-order valence-corrected chi connectivity index (χ3v) is 7.48. The molecule has 3 aliphatic rings. The predicted octanol–water partition coefficient (Wildman–Crippen LogP) is 2.63. The number of aromatic nitrogens is 2. The van der Waals surface area contributed by atoms with E-state index >= 15 is 0 Å². The number of nitrogens with zero attached hydrogens (tertiary/aromatic N) is 6. The monoisotopic (exact) mass is 469 g/mol. The average Bonchev–Trinajstić information content (AvgIpc) is 2.85. The number of carbonyl (C=O) groups is 1. The SMILES string of the molecule is C[C@@H]1CN(c2ncc(C#N)cn2)C[C@H](C)N1C(=O)NCCC1CCN(CC2CCCCO2)CC1. The number of hydrogen-bond donors (Lipinski definition) is 1. The van der Waals surface area contributed by atoms with E-state index < -0.39 is 0 Å². The van der Waals surface area contributed by atoms with Gasteiger partial charge in [-0.15, -0.1) is 0 Å². The van der Waals surface area contributed by atoms with Crippen LogP contribution < -0.4 is 10.2 Å². The van der Waals surface area contributed by atoms with E-state index in [-0.39, 0.29) is 18.1 Å². The first-order valence-electron chi connectivity index (χ1n) is 12.9. The van der Waals surface area contributed by atoms with Crippen LogP contribution in [0.1, 0.15) is 57.9 Å². The van der Waals surface area contributed by atoms with Gasteiger partial charge in [-0.05, 0) is 71.4 Å². The van der Waals surface area contributed by atoms with Crippen molar-refractivity contribution in [2.75, 3.05) is 50.8 Å². The van der Waals surface area contributed by atoms with Crippen LogP contribution in [0.5, 0.6) is 0 Å². The third kappa shape index (κ3) is 6.36. The van der Waals surface area contributed by atoms with Crippen molar-refractivity contribution in [1.29, 1.82) is 5.26 Å². The molecule has 0 saturated carbocycles. The highest BCUT2D eigenvalue weighted by atomic mass is 16.5. The number of piperidine rings is 1. The van der Waals surface area contributed by atoms with E-state index in [1.807, 2.05) is 11.0 Å². The van der Waals surface area contributed by atoms with Crippen LogP contribution in [0.3, 0.4) is 0 Å². The molecule has 34 heavy (non-hydrogen) atoms. The van der Waals surface area contributed by atoms with Crippen LogP contribution >= 0.6 is 0 Å². The standard InChI is InChI=1S/C25H39N7O2/c1-19-16-31(24-28-14-22(13-26)15-29-24)17-20(2)32(19)25(33)27-9-6-21-7-10-30(11-8-21)18-23-5-3-4-12-34-23/h14-15,19-21,23H,3-12,16-18H2,1-2H3,(H,27,33)/t19-,20+,23?. The van der Waals surface area contributed by atoms with Gasteiger partial charge in [0.1, 0.15) is 6.07 Å². The zero-order valence-corrected chi connectivity index (χ0v) is 20.7. The Kier molecular flexibility index (Phi) is 8.57. The highest BCUT2D eigenvalue weighted by molar-refractivity contribution is 5.75. The van der Waals surface area contributed by atoms with E-state index in [1.165, 1.54) is 32.1 Å². The number of ether oxygens (including phenoxy) is 1. The maximum atomic E-state index is 13.0. The Balaban J connectivity index is 1.17. The molecule has 0 radical (unpaired) electrons. The summed E-state index contributed by atoms with van der Waals surface area (Å²) in [6, 6.07) is 2.17. The Bertz CT molecular complexity index is 817. The topological polar surface area (TPSA) is 97.6 Å². The summed E-state index contributed by atoms with van der Waals surface area (Å²) in [6.45, 7) is 10.5. The van der Waals surface area contributed by atoms with Gasteiger partial charge in [-0.1, -0.05) is 0 Å². The maximum Gasteiger partial charge on any atom is 0.318 e. The van der Waals surface area contributed by atoms with Crippen LogP contribution in [0, 0.1) is 17.2 Å². The summed E-state index contributed by atoms with van der Waals surface area (Å²) in [4.78, 5) is 28.2. The fraction of sp³-hybridized carbons (Fsp3) is 0.760. The molecule has 3 fully saturated rings. The molecule has 1 unspecified atom stereocenters. The van der Waals surface area contributed by atoms with Gasteiger partial charge >= 0.3 is 6.03 Å². The molecule has 0 bridgehead atoms. The van der Waals surface area contributed by atoms with Crippen LogP contribution in [-0.4, -0.2) is 89.9 Å². The number of hydrogen-bond acceptors (Lipinski definition) is 7. The molecule has 3 atom stereocenters. The molecule has 4 heterocycles. The van der Waals surface area contributed by atoms with Crippen LogP contribution in [0.2, 0.25) is 0 Å². The summed E-state index contributed by atoms with van der Waals surface area (Å²) in [7, 11) is 0. The Labute approximate surface area is 203 Å². The molecule has 0 aliphatic carbocycles. The molecule has 186 valence electrons. The number of likely N-dealkylation sites (tertiary alicyclic amines) is 1. The lowest BCUT2D eigenvalue weighted by Gasteiger charge is -2.44. The first kappa shape index (κ1) is 24.7. The van der Waals surface area contributed by atoms with Gasteiger partial charge in [0.05, 0.1) is 24.1 Å². The van der Waals surface area contributed by atoms with Crippen molar-refractivity contribution in [2.24, 2.45) is 5.92 Å². The van der Waals surface area contributed by atoms with E-state index in [1.54, 1.807) is 12.4 Å². The largest absolute Gasteiger partial charge is 0.377 e. The molecule has 3 saturated heterocycles. The van der Waals surface area contributed by atoms with Gasteiger partial charge in [0.15, 0.2) is 0 Å². The second kappa shape index (κ2) is 11.8. The van der Waals surface area contributed by atoms with Crippen molar-refractivity contribution in [3.63, 3.8) is 0 Å². The molecule has 0 spiro atoms. The third-order valence-electron chi connectivity index (χ3n) is 7.48. The number of anilines is 1. The van der Waals surface area contributed by atoms with E-state index in [9.17, 15) is 4.79 Å². The van der Waals surface area contributed by atoms with Gasteiger partial charge in [-0.3, -0.25) is 0 Å². The molecule has 4 rings (SSSR count). The van der Waals surface area contributed by atoms with Crippen molar-refractivity contribution >= 4 is 12.0 Å². The Morgan fingerprint density at radius 1 is 1.15 bits per heavy atom. The molecule has 9 heteroatoms. The van der Waals surface area contributed by atoms with Crippen molar-refractivity contribution < 1.29 is 9.53 Å². The van der Waals surface area contributed by atoms with Crippen molar-refractivity contribution in [3.05, 3.63) is 18.0 Å². The Hall–Kier alpha value is -2.44. The van der Waals surface area contributed by atoms with Gasteiger partial charge in [-0.2, -0.15) is 5.26 Å². The van der Waals surface area contributed by atoms with Gasteiger partial charge in [0.2, 0.25) is 5.95 Å². The Morgan fingerprint density at radius 2 is 1.85 bits per heavy atom. The molecule has 1 aromatic heterocycles. The number of nitrogens with one attached hydrogen (secondary N) is 1. The molecule has 0 aromatic carbocycles. The van der Waals surface area contributed by atoms with Gasteiger partial charge in [0, 0.05) is 44.9 Å². The first-order chi connectivity index (χ1) is 16.5. The van der Waals surface area contributed by atoms with Crippen LogP contribution in [0.15, 0.2) is 12.4 Å². The zero-order chi connectivity index (χ0) is 23.9. The number of amides is 2. The summed E-state index contributed by atoms with van der Waals surface area (Å²) in [5.41, 5.74) is 0.451. The maximum absolute atomic E-state index is 13.0. The zero-order valence-electron chi connectivity index (χ0n) is 20.7. The lowest BCUT2D eigenvalue weighted by Crippen LogP contribution is -2.61. The van der Waals surface area contributed by atoms with Gasteiger partial charge < -0.3 is 24.8 Å². The fourth-order valence-electron chi connectivity index (χ4n) is 5.60. The predicted molar refractivity (Wildman–Crippen MR) is 130 cm³/mol. The minimum atomic E-state index is 0.0206. The van der Waals surface area contributed by atoms with Crippen molar-refractivity contribution in [3.8, 4) is 6.07 Å². The normalized spacial score (nSPS) is 26.8. The lowest BCUT2D eigenvalue weighted by atomic mass is 9.93. The Morgan fingerprint density at radius 3 is 2.47 bits per heavy atom. The van der Waals surface area contributed by atoms with E-state index in [2.05, 4.69) is 38.9 Å². The summed E-state index contributed by atoms with van der Waals surface area (Å²) in [5, 5.41) is 12.1. The van der Waals surface area contributed by atoms with Gasteiger partial charge in [-0.25, -0.2) is 14.8 Å². The summed E-state index contributed by atoms with van der Waals surface area (Å²) in [5.74, 6) is 1.29. The number of piperazine rings is 1. The van der Waals surface area contributed by atoms with Crippen LogP contribution in [0.25, 0.3) is 0 Å². The fourth-order valence-corrected chi connectivity index (χ4v) is 5.60. The smallest absolute Gasteiger partial charge is 0.318 e. The molecular weight excluding hydrogens is 430 g/mol. The minimum absolute atomic E-state index is 0.0206. The second-order valence-corrected chi connectivity index (χ2v) is 10.1. The van der Waals surface area contributed by atoms with Crippen LogP contribution in [0.4, 0.5) is 10.7 Å². The summed E-state index contributed by atoms with van der Waals surface area (Å²) in [6.07, 6.45) is 10.7. The van der Waals surface area contributed by atoms with E-state index in [0.29, 0.717) is 36.6 Å². The molecule has 1 aromatic rings. The van der Waals surface area contributed by atoms with Gasteiger partial charge in [0.25, 0.3) is 0 Å². The number of urea groups is 1. The highest BCUT2D eigenvalue weighted by Gasteiger charge is 2.34. The first-order valence-corrected chi connectivity index (χ1v) is 12.9. The van der Waals surface area contributed by atoms with Crippen LogP contribution in [-0.2, 0) is 4.74 Å². The van der Waals surface area contributed by atoms with Crippen molar-refractivity contribution in [1.82, 2.24) is 25.1 Å². The molecule has 1 N–H and O–H groups in total. The quantitative estimate of drug-likeness (QED) is 0.684. The van der Waals surface area contributed by atoms with Crippen molar-refractivity contribution in [2.45, 2.75) is 70.6 Å². The molecule has 3 aliphatic heterocycles. The molecular formula is C25H39N7O2. The van der Waals surface area contributed by atoms with E-state index in [0.717, 1.165) is 39.2 Å². The highest BCUT2D eigenvalue weighted by Crippen LogP contribution is 2.23. The lowest BCUT2D eigenvalue weighted by molar-refractivity contribution is -0.0114. The summed E-state index contributed by atoms with van der Waals surface area (Å²) >= 11 is 0. The second-order valence-electron chi connectivity index (χ2n) is 10.1. The number of rotatable bonds is 6. The van der Waals surface area contributed by atoms with E-state index in [4.69, 9.17) is 10.00 Å². The number of nitriles is 1. The average molecular weight is 470 g/mol. The number of carbonyl (C=O) groups excluding carboxylic acids is 1. The molecule has 9 nitrogen and oxygen atoms in total. The summed E-state index contributed by atoms with van der Waals surface area (Å²) < 4.78 is 5.90. The minimum Gasteiger partial charge on any atom is -0.377 e.